The first-order chi connectivity index (χ1) is 20.7. The predicted molar refractivity (Wildman–Crippen MR) is 163 cm³/mol. The summed E-state index contributed by atoms with van der Waals surface area (Å²) in [4.78, 5) is 28.0. The van der Waals surface area contributed by atoms with Crippen molar-refractivity contribution in [1.82, 2.24) is 10.2 Å². The van der Waals surface area contributed by atoms with E-state index in [1.807, 2.05) is 6.92 Å². The number of hydrogen-bond acceptors (Lipinski definition) is 5. The lowest BCUT2D eigenvalue weighted by atomic mass is 10.1. The number of carbonyl (C=O) groups excluding carboxylic acids is 2. The number of sulfonamides is 1. The number of amides is 2. The third-order valence-corrected chi connectivity index (χ3v) is 9.03. The molecule has 0 aromatic heterocycles. The lowest BCUT2D eigenvalue weighted by Gasteiger charge is -2.32. The Morgan fingerprint density at radius 3 is 2.34 bits per heavy atom. The molecule has 0 saturated carbocycles. The Hall–Kier alpha value is -3.77. The fraction of sp³-hybridized carbons (Fsp3) is 0.355. The van der Waals surface area contributed by atoms with Crippen LogP contribution in [0.1, 0.15) is 43.4 Å². The zero-order chi connectivity index (χ0) is 32.7. The van der Waals surface area contributed by atoms with Gasteiger partial charge < -0.3 is 15.0 Å². The van der Waals surface area contributed by atoms with Crippen molar-refractivity contribution in [2.24, 2.45) is 0 Å². The van der Waals surface area contributed by atoms with Crippen LogP contribution < -0.4 is 14.4 Å². The van der Waals surface area contributed by atoms with E-state index >= 15 is 0 Å². The van der Waals surface area contributed by atoms with Crippen LogP contribution in [0, 0.1) is 6.92 Å². The van der Waals surface area contributed by atoms with Crippen LogP contribution in [0.3, 0.4) is 0 Å². The van der Waals surface area contributed by atoms with Gasteiger partial charge in [0.15, 0.2) is 0 Å². The lowest BCUT2D eigenvalue weighted by molar-refractivity contribution is -0.139. The monoisotopic (exact) mass is 653 g/mol. The van der Waals surface area contributed by atoms with E-state index in [-0.39, 0.29) is 11.4 Å². The minimum atomic E-state index is -4.89. The molecular formula is C31H35ClF3N3O5S. The van der Waals surface area contributed by atoms with E-state index in [9.17, 15) is 31.2 Å². The summed E-state index contributed by atoms with van der Waals surface area (Å²) in [7, 11) is -3.09. The molecule has 3 aromatic rings. The molecule has 0 unspecified atom stereocenters. The molecule has 0 aliphatic heterocycles. The Morgan fingerprint density at radius 1 is 1.05 bits per heavy atom. The summed E-state index contributed by atoms with van der Waals surface area (Å²) in [6.45, 7) is 4.58. The van der Waals surface area contributed by atoms with Crippen molar-refractivity contribution in [2.75, 3.05) is 24.5 Å². The van der Waals surface area contributed by atoms with Crippen molar-refractivity contribution >= 4 is 39.1 Å². The van der Waals surface area contributed by atoms with Gasteiger partial charge in [0.2, 0.25) is 11.8 Å². The van der Waals surface area contributed by atoms with Gasteiger partial charge in [0.25, 0.3) is 10.0 Å². The van der Waals surface area contributed by atoms with Gasteiger partial charge in [0.05, 0.1) is 28.3 Å². The highest BCUT2D eigenvalue weighted by Crippen LogP contribution is 2.38. The summed E-state index contributed by atoms with van der Waals surface area (Å²) in [6.07, 6.45) is -3.35. The van der Waals surface area contributed by atoms with E-state index in [1.54, 1.807) is 31.2 Å². The van der Waals surface area contributed by atoms with Crippen LogP contribution in [-0.4, -0.2) is 51.4 Å². The van der Waals surface area contributed by atoms with Gasteiger partial charge in [-0.1, -0.05) is 54.8 Å². The number of carbonyl (C=O) groups is 2. The fourth-order valence-electron chi connectivity index (χ4n) is 4.34. The van der Waals surface area contributed by atoms with Crippen LogP contribution >= 0.6 is 11.6 Å². The number of nitrogens with zero attached hydrogens (tertiary/aromatic N) is 2. The van der Waals surface area contributed by atoms with Gasteiger partial charge >= 0.3 is 6.18 Å². The summed E-state index contributed by atoms with van der Waals surface area (Å²) < 4.78 is 75.1. The van der Waals surface area contributed by atoms with Crippen LogP contribution in [0.5, 0.6) is 5.75 Å². The number of alkyl halides is 3. The van der Waals surface area contributed by atoms with Gasteiger partial charge in [0, 0.05) is 13.1 Å². The van der Waals surface area contributed by atoms with E-state index in [4.69, 9.17) is 16.3 Å². The Labute approximate surface area is 260 Å². The Kier molecular flexibility index (Phi) is 11.7. The smallest absolute Gasteiger partial charge is 0.417 e. The molecule has 0 fully saturated rings. The average Bonchev–Trinajstić information content (AvgIpc) is 2.98. The van der Waals surface area contributed by atoms with Crippen LogP contribution in [0.15, 0.2) is 71.6 Å². The lowest BCUT2D eigenvalue weighted by Crippen LogP contribution is -2.51. The zero-order valence-electron chi connectivity index (χ0n) is 24.8. The highest BCUT2D eigenvalue weighted by Gasteiger charge is 2.37. The topological polar surface area (TPSA) is 96.0 Å². The van der Waals surface area contributed by atoms with Gasteiger partial charge in [-0.25, -0.2) is 8.42 Å². The van der Waals surface area contributed by atoms with Crippen molar-refractivity contribution in [1.29, 1.82) is 0 Å². The molecule has 1 atom stereocenters. The molecule has 13 heteroatoms. The van der Waals surface area contributed by atoms with Gasteiger partial charge in [-0.15, -0.1) is 0 Å². The van der Waals surface area contributed by atoms with Crippen molar-refractivity contribution < 1.29 is 35.9 Å². The van der Waals surface area contributed by atoms with E-state index < -0.39 is 56.9 Å². The maximum atomic E-state index is 14.0. The minimum Gasteiger partial charge on any atom is -0.497 e. The number of halogens is 4. The fourth-order valence-corrected chi connectivity index (χ4v) is 5.97. The number of methoxy groups -OCH3 is 1. The summed E-state index contributed by atoms with van der Waals surface area (Å²) in [6, 6.07) is 14.0. The number of benzene rings is 3. The number of aryl methyl sites for hydroxylation is 1. The first-order valence-corrected chi connectivity index (χ1v) is 15.7. The standard InChI is InChI=1S/C31H35ClF3N3O5S/c1-5-6-16-36-30(40)22(3)37(19-23-8-7-9-25(17-23)43-4)29(39)20-38(44(41,42)26-13-10-21(2)11-14-26)24-12-15-28(32)27(18-24)31(33,34)35/h7-15,17-18,22H,5-6,16,19-20H2,1-4H3,(H,36,40)/t22-/m0/s1. The SMILES string of the molecule is CCCCNC(=O)[C@H](C)N(Cc1cccc(OC)c1)C(=O)CN(c1ccc(Cl)c(C(F)(F)F)c1)S(=O)(=O)c1ccc(C)cc1. The largest absolute Gasteiger partial charge is 0.497 e. The Balaban J connectivity index is 2.10. The third-order valence-electron chi connectivity index (χ3n) is 6.92. The highest BCUT2D eigenvalue weighted by molar-refractivity contribution is 7.92. The molecule has 1 N–H and O–H groups in total. The molecule has 0 spiro atoms. The van der Waals surface area contributed by atoms with Gasteiger partial charge in [-0.2, -0.15) is 13.2 Å². The molecular weight excluding hydrogens is 619 g/mol. The van der Waals surface area contributed by atoms with Crippen LogP contribution in [-0.2, 0) is 32.3 Å². The van der Waals surface area contributed by atoms with E-state index in [0.29, 0.717) is 34.7 Å². The van der Waals surface area contributed by atoms with Crippen LogP contribution in [0.25, 0.3) is 0 Å². The summed E-state index contributed by atoms with van der Waals surface area (Å²) in [5.41, 5.74) is -0.336. The van der Waals surface area contributed by atoms with E-state index in [1.165, 1.54) is 43.2 Å². The first kappa shape index (κ1) is 34.7. The molecule has 0 heterocycles. The normalized spacial score (nSPS) is 12.4. The predicted octanol–water partition coefficient (Wildman–Crippen LogP) is 6.20. The van der Waals surface area contributed by atoms with Gasteiger partial charge in [-0.05, 0) is 68.3 Å². The quantitative estimate of drug-likeness (QED) is 0.222. The van der Waals surface area contributed by atoms with Crippen LogP contribution in [0.2, 0.25) is 5.02 Å². The molecule has 8 nitrogen and oxygen atoms in total. The summed E-state index contributed by atoms with van der Waals surface area (Å²) in [5, 5.41) is 2.15. The van der Waals surface area contributed by atoms with Gasteiger partial charge in [-0.3, -0.25) is 13.9 Å². The summed E-state index contributed by atoms with van der Waals surface area (Å²) >= 11 is 5.82. The second-order valence-electron chi connectivity index (χ2n) is 10.2. The van der Waals surface area contributed by atoms with Crippen molar-refractivity contribution in [3.8, 4) is 5.75 Å². The molecule has 2 amide bonds. The number of rotatable bonds is 13. The second kappa shape index (κ2) is 14.8. The summed E-state index contributed by atoms with van der Waals surface area (Å²) in [5.74, 6) is -0.780. The number of anilines is 1. The molecule has 3 rings (SSSR count). The third kappa shape index (κ3) is 8.66. The van der Waals surface area contributed by atoms with Gasteiger partial charge in [0.1, 0.15) is 18.3 Å². The minimum absolute atomic E-state index is 0.106. The Morgan fingerprint density at radius 2 is 1.73 bits per heavy atom. The van der Waals surface area contributed by atoms with E-state index in [0.717, 1.165) is 24.1 Å². The zero-order valence-corrected chi connectivity index (χ0v) is 26.4. The molecule has 44 heavy (non-hydrogen) atoms. The molecule has 238 valence electrons. The van der Waals surface area contributed by atoms with Crippen molar-refractivity contribution in [3.63, 3.8) is 0 Å². The molecule has 0 saturated heterocycles. The second-order valence-corrected chi connectivity index (χ2v) is 12.4. The molecule has 0 aliphatic rings. The van der Waals surface area contributed by atoms with Crippen molar-refractivity contribution in [2.45, 2.75) is 57.3 Å². The van der Waals surface area contributed by atoms with Crippen LogP contribution in [0.4, 0.5) is 18.9 Å². The highest BCUT2D eigenvalue weighted by atomic mass is 35.5. The number of ether oxygens (including phenoxy) is 1. The number of nitrogens with one attached hydrogen (secondary N) is 1. The number of hydrogen-bond donors (Lipinski definition) is 1. The maximum Gasteiger partial charge on any atom is 0.417 e. The molecule has 3 aromatic carbocycles. The average molecular weight is 654 g/mol. The van der Waals surface area contributed by atoms with E-state index in [2.05, 4.69) is 5.32 Å². The molecule has 0 aliphatic carbocycles. The van der Waals surface area contributed by atoms with Crippen molar-refractivity contribution in [3.05, 3.63) is 88.4 Å². The first-order valence-electron chi connectivity index (χ1n) is 13.8. The number of unbranched alkanes of at least 4 members (excludes halogenated alkanes) is 1. The molecule has 0 radical (unpaired) electrons. The maximum absolute atomic E-state index is 14.0. The Bertz CT molecular complexity index is 1570. The molecule has 0 bridgehead atoms.